The molecule has 0 unspecified atom stereocenters. The number of methoxy groups -OCH3 is 1. The molecule has 0 amide bonds. The Morgan fingerprint density at radius 2 is 1.31 bits per heavy atom. The third-order valence-electron chi connectivity index (χ3n) is 6.98. The average molecular weight is 772 g/mol. The fourth-order valence-corrected chi connectivity index (χ4v) is 4.76. The summed E-state index contributed by atoms with van der Waals surface area (Å²) in [6.07, 6.45) is -4.27. The molecule has 10 nitrogen and oxygen atoms in total. The molecular formula is C29H39BrClF6LiN6O4. The van der Waals surface area contributed by atoms with Gasteiger partial charge in [-0.25, -0.2) is 9.97 Å². The minimum absolute atomic E-state index is 0. The molecule has 0 saturated carbocycles. The van der Waals surface area contributed by atoms with E-state index in [1.54, 1.807) is 0 Å². The molecule has 2 N–H and O–H groups in total. The number of aromatic nitrogens is 2. The first-order valence-corrected chi connectivity index (χ1v) is 15.8. The van der Waals surface area contributed by atoms with E-state index in [0.29, 0.717) is 38.2 Å². The number of piperazine rings is 2. The van der Waals surface area contributed by atoms with Crippen LogP contribution in [0, 0.1) is 0 Å². The monoisotopic (exact) mass is 770 g/mol. The number of aliphatic carboxylic acids is 1. The van der Waals surface area contributed by atoms with E-state index in [-0.39, 0.29) is 43.7 Å². The number of hydrogen-bond acceptors (Lipinski definition) is 9. The van der Waals surface area contributed by atoms with Gasteiger partial charge in [0.15, 0.2) is 0 Å². The number of carbonyl (C=O) groups excluding carboxylic acids is 2. The quantitative estimate of drug-likeness (QED) is 0.121. The summed E-state index contributed by atoms with van der Waals surface area (Å²) < 4.78 is 78.6. The van der Waals surface area contributed by atoms with Crippen molar-refractivity contribution in [2.75, 3.05) is 81.1 Å². The van der Waals surface area contributed by atoms with E-state index in [2.05, 4.69) is 40.9 Å². The number of carboxylic acid groups (broad SMARTS) is 1. The van der Waals surface area contributed by atoms with Gasteiger partial charge in [-0.3, -0.25) is 9.69 Å². The van der Waals surface area contributed by atoms with Gasteiger partial charge in [-0.1, -0.05) is 15.9 Å². The first-order valence-electron chi connectivity index (χ1n) is 14.7. The van der Waals surface area contributed by atoms with Crippen LogP contribution in [-0.2, 0) is 26.7 Å². The molecule has 2 aliphatic rings. The molecule has 0 radical (unpaired) electrons. The second-order valence-electron chi connectivity index (χ2n) is 10.3. The molecule has 2 fully saturated rings. The van der Waals surface area contributed by atoms with Gasteiger partial charge in [0.2, 0.25) is 0 Å². The van der Waals surface area contributed by atoms with Crippen molar-refractivity contribution in [3.8, 4) is 0 Å². The summed E-state index contributed by atoms with van der Waals surface area (Å²) in [4.78, 5) is 33.7. The minimum atomic E-state index is -4.42. The van der Waals surface area contributed by atoms with E-state index in [0.717, 1.165) is 68.8 Å². The number of pyridine rings is 2. The Morgan fingerprint density at radius 1 is 0.833 bits per heavy atom. The van der Waals surface area contributed by atoms with Crippen molar-refractivity contribution in [2.45, 2.75) is 38.0 Å². The number of nitrogens with two attached hydrogens (primary N) is 1. The van der Waals surface area contributed by atoms with Crippen LogP contribution in [0.3, 0.4) is 0 Å². The maximum Gasteiger partial charge on any atom is 1.00 e. The Balaban J connectivity index is 0.000000748. The molecule has 2 aromatic rings. The topological polar surface area (TPSA) is 119 Å². The maximum atomic E-state index is 12.5. The number of alkyl halides is 7. The minimum Gasteiger partial charge on any atom is -1.00 e. The number of esters is 1. The average Bonchev–Trinajstić information content (AvgIpc) is 3.04. The van der Waals surface area contributed by atoms with Gasteiger partial charge in [0.05, 0.1) is 57.1 Å². The Kier molecular flexibility index (Phi) is 22.1. The van der Waals surface area contributed by atoms with Gasteiger partial charge in [0, 0.05) is 43.9 Å². The van der Waals surface area contributed by atoms with Crippen molar-refractivity contribution in [2.24, 2.45) is 0 Å². The molecule has 0 bridgehead atoms. The summed E-state index contributed by atoms with van der Waals surface area (Å²) in [5.41, 5.74) is -0.291. The summed E-state index contributed by atoms with van der Waals surface area (Å²) in [5.74, 6) is -1.18. The number of carboxylic acids is 1. The molecule has 266 valence electrons. The van der Waals surface area contributed by atoms with Crippen LogP contribution in [0.5, 0.6) is 0 Å². The summed E-state index contributed by atoms with van der Waals surface area (Å²) in [6.45, 7) is 7.19. The number of anilines is 2. The van der Waals surface area contributed by atoms with Crippen LogP contribution in [0.25, 0.3) is 0 Å². The van der Waals surface area contributed by atoms with Crippen LogP contribution in [0.4, 0.5) is 37.7 Å². The number of quaternary nitrogens is 1. The van der Waals surface area contributed by atoms with Gasteiger partial charge >= 0.3 is 37.2 Å². The SMILES string of the molecule is COC(=O)CCCBr.FC(F)(F)c1ccc(N2CC[NH2+]CC2)cn1.O=C([O-])CCCN1CCN(c2ccc(C(F)(F)F)nc2)CC1.[Cl-].[Li+]. The second-order valence-corrected chi connectivity index (χ2v) is 11.1. The predicted octanol–water partition coefficient (Wildman–Crippen LogP) is -3.42. The number of hydrogen-bond donors (Lipinski definition) is 1. The summed E-state index contributed by atoms with van der Waals surface area (Å²) in [7, 11) is 1.40. The van der Waals surface area contributed by atoms with Crippen LogP contribution in [0.1, 0.15) is 37.1 Å². The standard InChI is InChI=1S/C14H18F3N3O2.C10H12F3N3.C5H9BrO2.ClH.Li/c15-14(16,17)12-4-3-11(10-18-12)20-8-6-19(7-9-20)5-1-2-13(21)22;11-10(12,13)9-2-1-8(7-15-9)16-5-3-14-4-6-16;1-8-5(7)3-2-4-6;;/h3-4,10H,1-2,5-9H2,(H,21,22);1-2,7,14H,3-6H2;2-4H2,1H3;1H;/q;;;;+1/p-1. The zero-order valence-corrected chi connectivity index (χ0v) is 29.2. The third kappa shape index (κ3) is 17.4. The molecule has 4 rings (SSSR count). The molecule has 0 spiro atoms. The van der Waals surface area contributed by atoms with Gasteiger partial charge in [-0.15, -0.1) is 0 Å². The van der Waals surface area contributed by atoms with E-state index in [1.165, 1.54) is 31.6 Å². The maximum absolute atomic E-state index is 12.5. The van der Waals surface area contributed by atoms with E-state index < -0.39 is 29.7 Å². The molecule has 4 heterocycles. The summed E-state index contributed by atoms with van der Waals surface area (Å²) in [6, 6.07) is 4.94. The van der Waals surface area contributed by atoms with Crippen molar-refractivity contribution >= 4 is 39.2 Å². The number of carbonyl (C=O) groups is 2. The zero-order valence-electron chi connectivity index (χ0n) is 26.8. The van der Waals surface area contributed by atoms with Crippen LogP contribution in [0.2, 0.25) is 0 Å². The van der Waals surface area contributed by atoms with Gasteiger partial charge in [-0.2, -0.15) is 26.3 Å². The van der Waals surface area contributed by atoms with E-state index in [9.17, 15) is 41.0 Å². The Labute approximate surface area is 302 Å². The summed E-state index contributed by atoms with van der Waals surface area (Å²) >= 11 is 3.20. The molecular weight excluding hydrogens is 733 g/mol. The second kappa shape index (κ2) is 23.2. The van der Waals surface area contributed by atoms with Crippen molar-refractivity contribution in [1.82, 2.24) is 14.9 Å². The number of halogens is 8. The molecule has 48 heavy (non-hydrogen) atoms. The van der Waals surface area contributed by atoms with Crippen molar-refractivity contribution in [1.29, 1.82) is 0 Å². The third-order valence-corrected chi connectivity index (χ3v) is 7.54. The number of rotatable bonds is 9. The van der Waals surface area contributed by atoms with E-state index in [1.807, 2.05) is 9.80 Å². The Bertz CT molecular complexity index is 1190. The van der Waals surface area contributed by atoms with Gasteiger partial charge in [-0.05, 0) is 50.1 Å². The molecule has 0 atom stereocenters. The Hall–Kier alpha value is -2.29. The predicted molar refractivity (Wildman–Crippen MR) is 160 cm³/mol. The largest absolute Gasteiger partial charge is 1.00 e. The van der Waals surface area contributed by atoms with Gasteiger partial charge in [0.25, 0.3) is 0 Å². The smallest absolute Gasteiger partial charge is 1.00 e. The summed E-state index contributed by atoms with van der Waals surface area (Å²) in [5, 5.41) is 13.4. The zero-order chi connectivity index (χ0) is 34.2. The molecule has 0 aromatic carbocycles. The molecule has 2 saturated heterocycles. The van der Waals surface area contributed by atoms with Gasteiger partial charge in [0.1, 0.15) is 11.4 Å². The fourth-order valence-electron chi connectivity index (χ4n) is 4.48. The van der Waals surface area contributed by atoms with Crippen molar-refractivity contribution in [3.63, 3.8) is 0 Å². The van der Waals surface area contributed by atoms with E-state index >= 15 is 0 Å². The first kappa shape index (κ1) is 45.7. The molecule has 19 heteroatoms. The molecule has 2 aliphatic heterocycles. The molecule has 2 aromatic heterocycles. The van der Waals surface area contributed by atoms with Crippen LogP contribution in [0.15, 0.2) is 36.7 Å². The fraction of sp³-hybridized carbons (Fsp3) is 0.586. The van der Waals surface area contributed by atoms with Crippen molar-refractivity contribution in [3.05, 3.63) is 48.0 Å². The van der Waals surface area contributed by atoms with Crippen molar-refractivity contribution < 1.29 is 82.4 Å². The van der Waals surface area contributed by atoms with Gasteiger partial charge < -0.3 is 42.2 Å². The normalized spacial score (nSPS) is 15.0. The number of ether oxygens (including phenoxy) is 1. The van der Waals surface area contributed by atoms with Crippen LogP contribution < -0.4 is 51.5 Å². The Morgan fingerprint density at radius 3 is 1.69 bits per heavy atom. The number of nitrogens with zero attached hydrogens (tertiary/aromatic N) is 5. The van der Waals surface area contributed by atoms with Crippen LogP contribution >= 0.6 is 15.9 Å². The van der Waals surface area contributed by atoms with Crippen LogP contribution in [-0.4, -0.2) is 98.1 Å². The molecule has 0 aliphatic carbocycles. The van der Waals surface area contributed by atoms with E-state index in [4.69, 9.17) is 0 Å². The first-order chi connectivity index (χ1) is 21.7.